The first-order chi connectivity index (χ1) is 15.6. The van der Waals surface area contributed by atoms with Gasteiger partial charge in [-0.1, -0.05) is 53.6 Å². The molecule has 0 unspecified atom stereocenters. The van der Waals surface area contributed by atoms with E-state index in [-0.39, 0.29) is 11.2 Å². The van der Waals surface area contributed by atoms with Crippen LogP contribution in [-0.2, 0) is 24.4 Å². The lowest BCUT2D eigenvalue weighted by atomic mass is 9.97. The predicted octanol–water partition coefficient (Wildman–Crippen LogP) is 4.52. The van der Waals surface area contributed by atoms with E-state index in [9.17, 15) is 9.59 Å². The molecular weight excluding hydrogens is 438 g/mol. The highest BCUT2D eigenvalue weighted by Crippen LogP contribution is 2.45. The van der Waals surface area contributed by atoms with E-state index in [2.05, 4.69) is 18.4 Å². The molecule has 1 aliphatic heterocycles. The van der Waals surface area contributed by atoms with Gasteiger partial charge in [0.05, 0.1) is 34.4 Å². The van der Waals surface area contributed by atoms with E-state index in [0.717, 1.165) is 28.1 Å². The standard InChI is InChI=1S/C26H26ClN3O3/c1-15-6-8-17(9-7-15)23-22-21-19(24(31)29(5)25(32)28(21)4)20(16-10-12-18(27)13-11-16)30(22)26(2,3)14-33-23/h6-13,23H,14H2,1-5H3/t23-/m1/s1. The summed E-state index contributed by atoms with van der Waals surface area (Å²) in [5, 5.41) is 1.13. The van der Waals surface area contributed by atoms with Crippen molar-refractivity contribution in [3.8, 4) is 11.3 Å². The van der Waals surface area contributed by atoms with Gasteiger partial charge in [-0.15, -0.1) is 0 Å². The lowest BCUT2D eigenvalue weighted by molar-refractivity contribution is -0.00707. The lowest BCUT2D eigenvalue weighted by Gasteiger charge is -2.39. The Kier molecular flexibility index (Phi) is 4.92. The van der Waals surface area contributed by atoms with Crippen LogP contribution in [-0.4, -0.2) is 20.3 Å². The predicted molar refractivity (Wildman–Crippen MR) is 131 cm³/mol. The van der Waals surface area contributed by atoms with E-state index in [0.29, 0.717) is 22.5 Å². The maximum Gasteiger partial charge on any atom is 0.331 e. The molecule has 1 aliphatic rings. The molecule has 6 nitrogen and oxygen atoms in total. The van der Waals surface area contributed by atoms with Crippen molar-refractivity contribution in [2.24, 2.45) is 14.1 Å². The summed E-state index contributed by atoms with van der Waals surface area (Å²) in [5.41, 5.74) is 4.05. The Morgan fingerprint density at radius 3 is 2.24 bits per heavy atom. The van der Waals surface area contributed by atoms with Crippen LogP contribution >= 0.6 is 11.6 Å². The van der Waals surface area contributed by atoms with Crippen LogP contribution in [0.4, 0.5) is 0 Å². The van der Waals surface area contributed by atoms with Crippen LogP contribution in [0.5, 0.6) is 0 Å². The van der Waals surface area contributed by atoms with E-state index >= 15 is 0 Å². The summed E-state index contributed by atoms with van der Waals surface area (Å²) in [4.78, 5) is 26.5. The fourth-order valence-corrected chi connectivity index (χ4v) is 5.00. The second kappa shape index (κ2) is 7.47. The van der Waals surface area contributed by atoms with Gasteiger partial charge in [-0.25, -0.2) is 4.79 Å². The molecule has 170 valence electrons. The SMILES string of the molecule is Cc1ccc([C@H]2OCC(C)(C)n3c(-c4ccc(Cl)cc4)c4c(=O)n(C)c(=O)n(C)c4c32)cc1. The maximum absolute atomic E-state index is 13.5. The van der Waals surface area contributed by atoms with Gasteiger partial charge in [0.2, 0.25) is 0 Å². The highest BCUT2D eigenvalue weighted by atomic mass is 35.5. The molecule has 33 heavy (non-hydrogen) atoms. The first-order valence-electron chi connectivity index (χ1n) is 10.9. The molecule has 0 saturated carbocycles. The molecule has 4 aromatic rings. The molecule has 2 aromatic carbocycles. The number of ether oxygens (including phenoxy) is 1. The van der Waals surface area contributed by atoms with Crippen LogP contribution in [0.15, 0.2) is 58.1 Å². The molecule has 3 heterocycles. The number of fused-ring (bicyclic) bond motifs is 3. The van der Waals surface area contributed by atoms with Crippen molar-refractivity contribution in [1.29, 1.82) is 0 Å². The molecule has 0 N–H and O–H groups in total. The summed E-state index contributed by atoms with van der Waals surface area (Å²) in [6.07, 6.45) is -0.417. The van der Waals surface area contributed by atoms with Gasteiger partial charge in [0.25, 0.3) is 5.56 Å². The number of halogens is 1. The topological polar surface area (TPSA) is 58.2 Å². The molecule has 0 radical (unpaired) electrons. The molecule has 2 aromatic heterocycles. The van der Waals surface area contributed by atoms with E-state index in [4.69, 9.17) is 16.3 Å². The number of nitrogens with zero attached hydrogens (tertiary/aromatic N) is 3. The lowest BCUT2D eigenvalue weighted by Crippen LogP contribution is -2.40. The van der Waals surface area contributed by atoms with E-state index in [1.165, 1.54) is 11.6 Å². The van der Waals surface area contributed by atoms with Crippen LogP contribution in [0, 0.1) is 6.92 Å². The Bertz CT molecular complexity index is 1510. The molecule has 0 aliphatic carbocycles. The normalized spacial score (nSPS) is 17.3. The Labute approximate surface area is 196 Å². The molecule has 0 bridgehead atoms. The summed E-state index contributed by atoms with van der Waals surface area (Å²) >= 11 is 6.17. The molecule has 5 rings (SSSR count). The summed E-state index contributed by atoms with van der Waals surface area (Å²) in [5.74, 6) is 0. The first-order valence-corrected chi connectivity index (χ1v) is 11.3. The van der Waals surface area contributed by atoms with Crippen LogP contribution in [0.25, 0.3) is 22.2 Å². The van der Waals surface area contributed by atoms with Gasteiger partial charge in [0, 0.05) is 19.1 Å². The average molecular weight is 464 g/mol. The Balaban J connectivity index is 2.00. The number of hydrogen-bond acceptors (Lipinski definition) is 3. The second-order valence-corrected chi connectivity index (χ2v) is 9.86. The van der Waals surface area contributed by atoms with Crippen molar-refractivity contribution in [3.63, 3.8) is 0 Å². The number of benzene rings is 2. The van der Waals surface area contributed by atoms with Crippen LogP contribution < -0.4 is 11.2 Å². The molecule has 0 fully saturated rings. The maximum atomic E-state index is 13.5. The monoisotopic (exact) mass is 463 g/mol. The van der Waals surface area contributed by atoms with Crippen molar-refractivity contribution in [1.82, 2.24) is 13.7 Å². The van der Waals surface area contributed by atoms with Crippen LogP contribution in [0.3, 0.4) is 0 Å². The third-order valence-electron chi connectivity index (χ3n) is 6.56. The first kappa shape index (κ1) is 21.7. The minimum atomic E-state index is -0.453. The fraction of sp³-hybridized carbons (Fsp3) is 0.308. The zero-order valence-electron chi connectivity index (χ0n) is 19.3. The van der Waals surface area contributed by atoms with Crippen molar-refractivity contribution < 1.29 is 4.74 Å². The smallest absolute Gasteiger partial charge is 0.331 e. The Morgan fingerprint density at radius 1 is 0.970 bits per heavy atom. The number of rotatable bonds is 2. The number of aryl methyl sites for hydroxylation is 2. The van der Waals surface area contributed by atoms with Gasteiger partial charge < -0.3 is 9.30 Å². The molecule has 0 saturated heterocycles. The zero-order valence-corrected chi connectivity index (χ0v) is 20.1. The van der Waals surface area contributed by atoms with Gasteiger partial charge in [0.1, 0.15) is 6.10 Å². The van der Waals surface area contributed by atoms with Gasteiger partial charge in [-0.05, 0) is 44.0 Å². The highest BCUT2D eigenvalue weighted by Gasteiger charge is 2.40. The van der Waals surface area contributed by atoms with Crippen molar-refractivity contribution >= 4 is 22.5 Å². The van der Waals surface area contributed by atoms with E-state index in [1.54, 1.807) is 11.6 Å². The Morgan fingerprint density at radius 2 is 1.61 bits per heavy atom. The van der Waals surface area contributed by atoms with Gasteiger partial charge in [-0.2, -0.15) is 0 Å². The number of aromatic nitrogens is 3. The minimum Gasteiger partial charge on any atom is -0.365 e. The molecule has 0 amide bonds. The third-order valence-corrected chi connectivity index (χ3v) is 6.82. The molecule has 7 heteroatoms. The zero-order chi connectivity index (χ0) is 23.7. The van der Waals surface area contributed by atoms with E-state index in [1.807, 2.05) is 55.5 Å². The highest BCUT2D eigenvalue weighted by molar-refractivity contribution is 6.30. The summed E-state index contributed by atoms with van der Waals surface area (Å²) in [6.45, 7) is 6.67. The van der Waals surface area contributed by atoms with Gasteiger partial charge in [0.15, 0.2) is 0 Å². The van der Waals surface area contributed by atoms with E-state index < -0.39 is 11.6 Å². The summed E-state index contributed by atoms with van der Waals surface area (Å²) in [6, 6.07) is 15.7. The summed E-state index contributed by atoms with van der Waals surface area (Å²) in [7, 11) is 3.23. The summed E-state index contributed by atoms with van der Waals surface area (Å²) < 4.78 is 11.3. The fourth-order valence-electron chi connectivity index (χ4n) is 4.87. The van der Waals surface area contributed by atoms with Crippen LogP contribution in [0.2, 0.25) is 5.02 Å². The third kappa shape index (κ3) is 3.20. The minimum absolute atomic E-state index is 0.321. The Hall–Kier alpha value is -3.09. The van der Waals surface area contributed by atoms with Crippen LogP contribution in [0.1, 0.15) is 36.8 Å². The van der Waals surface area contributed by atoms with Crippen molar-refractivity contribution in [2.45, 2.75) is 32.4 Å². The largest absolute Gasteiger partial charge is 0.365 e. The van der Waals surface area contributed by atoms with Gasteiger partial charge >= 0.3 is 5.69 Å². The van der Waals surface area contributed by atoms with Crippen molar-refractivity contribution in [2.75, 3.05) is 6.61 Å². The molecular formula is C26H26ClN3O3. The quantitative estimate of drug-likeness (QED) is 0.439. The van der Waals surface area contributed by atoms with Crippen molar-refractivity contribution in [3.05, 3.63) is 91.2 Å². The molecule has 0 spiro atoms. The number of hydrogen-bond donors (Lipinski definition) is 0. The van der Waals surface area contributed by atoms with Gasteiger partial charge in [-0.3, -0.25) is 13.9 Å². The average Bonchev–Trinajstić information content (AvgIpc) is 3.15. The second-order valence-electron chi connectivity index (χ2n) is 9.42. The molecule has 1 atom stereocenters.